The number of hydrogen-bond acceptors (Lipinski definition) is 7. The molecule has 1 saturated heterocycles. The summed E-state index contributed by atoms with van der Waals surface area (Å²) in [5.41, 5.74) is 2.28. The van der Waals surface area contributed by atoms with Gasteiger partial charge in [-0.1, -0.05) is 17.7 Å². The van der Waals surface area contributed by atoms with Gasteiger partial charge in [0, 0.05) is 12.1 Å². The number of halogens is 1. The average molecular weight is 613 g/mol. The predicted molar refractivity (Wildman–Crippen MR) is 143 cm³/mol. The fourth-order valence-electron chi connectivity index (χ4n) is 3.59. The first-order chi connectivity index (χ1) is 17.7. The van der Waals surface area contributed by atoms with Crippen LogP contribution in [0.15, 0.2) is 66.2 Å². The van der Waals surface area contributed by atoms with Crippen molar-refractivity contribution >= 4 is 57.9 Å². The summed E-state index contributed by atoms with van der Waals surface area (Å²) >= 11 is 2.04. The molecule has 1 N–H and O–H groups in total. The fraction of sp³-hybridized carbons (Fsp3) is 0.115. The van der Waals surface area contributed by atoms with Gasteiger partial charge in [-0.05, 0) is 83.1 Å². The number of nitrogens with zero attached hydrogens (tertiary/aromatic N) is 2. The second kappa shape index (κ2) is 10.8. The lowest BCUT2D eigenvalue weighted by atomic mass is 10.1. The van der Waals surface area contributed by atoms with Crippen LogP contribution in [0.1, 0.15) is 16.7 Å². The third kappa shape index (κ3) is 5.61. The lowest BCUT2D eigenvalue weighted by Crippen LogP contribution is -2.54. The van der Waals surface area contributed by atoms with E-state index in [9.17, 15) is 24.5 Å². The number of ether oxygens (including phenoxy) is 2. The first-order valence-electron chi connectivity index (χ1n) is 10.9. The normalized spacial score (nSPS) is 14.5. The highest BCUT2D eigenvalue weighted by Crippen LogP contribution is 2.35. The summed E-state index contributed by atoms with van der Waals surface area (Å²) in [4.78, 5) is 49.4. The minimum atomic E-state index is -0.821. The number of nitro groups is 1. The van der Waals surface area contributed by atoms with Gasteiger partial charge >= 0.3 is 6.03 Å². The summed E-state index contributed by atoms with van der Waals surface area (Å²) in [5, 5.41) is 13.0. The number of methoxy groups -OCH3 is 1. The molecule has 1 fully saturated rings. The van der Waals surface area contributed by atoms with Crippen LogP contribution in [0.2, 0.25) is 0 Å². The Bertz CT molecular complexity index is 1430. The Morgan fingerprint density at radius 3 is 2.35 bits per heavy atom. The molecule has 1 aliphatic heterocycles. The van der Waals surface area contributed by atoms with Crippen LogP contribution >= 0.6 is 22.6 Å². The van der Waals surface area contributed by atoms with E-state index in [-0.39, 0.29) is 17.9 Å². The maximum Gasteiger partial charge on any atom is 0.335 e. The monoisotopic (exact) mass is 613 g/mol. The molecule has 0 saturated carbocycles. The lowest BCUT2D eigenvalue weighted by Gasteiger charge is -2.26. The Balaban J connectivity index is 1.60. The summed E-state index contributed by atoms with van der Waals surface area (Å²) < 4.78 is 12.0. The molecule has 0 bridgehead atoms. The molecule has 1 heterocycles. The molecule has 3 aromatic rings. The number of nitrogens with one attached hydrogen (secondary N) is 1. The number of barbiturate groups is 1. The zero-order valence-corrected chi connectivity index (χ0v) is 21.8. The van der Waals surface area contributed by atoms with Crippen molar-refractivity contribution in [3.63, 3.8) is 0 Å². The van der Waals surface area contributed by atoms with Gasteiger partial charge in [-0.2, -0.15) is 0 Å². The molecular weight excluding hydrogens is 593 g/mol. The van der Waals surface area contributed by atoms with Crippen LogP contribution in [-0.4, -0.2) is 29.9 Å². The Morgan fingerprint density at radius 1 is 1.05 bits per heavy atom. The number of urea groups is 1. The zero-order chi connectivity index (χ0) is 26.7. The van der Waals surface area contributed by atoms with Gasteiger partial charge in [0.05, 0.1) is 21.3 Å². The van der Waals surface area contributed by atoms with E-state index in [1.54, 1.807) is 48.5 Å². The number of carbonyl (C=O) groups is 3. The van der Waals surface area contributed by atoms with Crippen molar-refractivity contribution in [2.24, 2.45) is 0 Å². The molecular formula is C26H20IN3O7. The Hall–Kier alpha value is -4.26. The summed E-state index contributed by atoms with van der Waals surface area (Å²) in [6.45, 7) is 2.02. The number of benzene rings is 3. The predicted octanol–water partition coefficient (Wildman–Crippen LogP) is 4.76. The van der Waals surface area contributed by atoms with Crippen molar-refractivity contribution in [3.05, 3.63) is 96.6 Å². The van der Waals surface area contributed by atoms with Crippen LogP contribution < -0.4 is 19.7 Å². The van der Waals surface area contributed by atoms with E-state index in [0.29, 0.717) is 26.3 Å². The number of non-ortho nitro benzene ring substituents is 1. The van der Waals surface area contributed by atoms with Crippen LogP contribution in [-0.2, 0) is 16.2 Å². The molecule has 0 aliphatic carbocycles. The fourth-order valence-corrected chi connectivity index (χ4v) is 4.37. The molecule has 1 aliphatic rings. The number of nitro benzene ring substituents is 1. The smallest absolute Gasteiger partial charge is 0.335 e. The van der Waals surface area contributed by atoms with E-state index in [1.807, 2.05) is 29.5 Å². The molecule has 0 radical (unpaired) electrons. The highest BCUT2D eigenvalue weighted by Gasteiger charge is 2.36. The van der Waals surface area contributed by atoms with Gasteiger partial charge in [0.1, 0.15) is 12.2 Å². The number of rotatable bonds is 7. The lowest BCUT2D eigenvalue weighted by molar-refractivity contribution is -0.384. The standard InChI is InChI=1S/C26H20IN3O7/c1-15-3-7-18(8-4-15)29-25(32)20(24(31)28-26(29)33)11-17-12-21(27)23(22(13-17)36-2)37-14-16-5-9-19(10-6-16)30(34)35/h3-13H,14H2,1-2H3,(H,28,31,33)/b20-11+. The molecule has 0 spiro atoms. The Morgan fingerprint density at radius 2 is 1.73 bits per heavy atom. The molecule has 10 nitrogen and oxygen atoms in total. The number of anilines is 1. The molecule has 0 atom stereocenters. The van der Waals surface area contributed by atoms with Crippen LogP contribution in [0.4, 0.5) is 16.2 Å². The van der Waals surface area contributed by atoms with Gasteiger partial charge < -0.3 is 9.47 Å². The largest absolute Gasteiger partial charge is 0.493 e. The molecule has 37 heavy (non-hydrogen) atoms. The molecule has 0 aromatic heterocycles. The van der Waals surface area contributed by atoms with Gasteiger partial charge in [-0.25, -0.2) is 9.69 Å². The van der Waals surface area contributed by atoms with E-state index in [1.165, 1.54) is 25.3 Å². The minimum absolute atomic E-state index is 0.0164. The van der Waals surface area contributed by atoms with Crippen molar-refractivity contribution in [2.45, 2.75) is 13.5 Å². The Labute approximate surface area is 225 Å². The second-order valence-electron chi connectivity index (χ2n) is 8.04. The van der Waals surface area contributed by atoms with Gasteiger partial charge in [0.2, 0.25) is 0 Å². The maximum absolute atomic E-state index is 13.1. The van der Waals surface area contributed by atoms with Crippen molar-refractivity contribution in [1.82, 2.24) is 5.32 Å². The number of hydrogen-bond donors (Lipinski definition) is 1. The SMILES string of the molecule is COc1cc(/C=C2\C(=O)NC(=O)N(c3ccc(C)cc3)C2=O)cc(I)c1OCc1ccc([N+](=O)[O-])cc1. The quantitative estimate of drug-likeness (QED) is 0.134. The van der Waals surface area contributed by atoms with Gasteiger partial charge in [0.25, 0.3) is 17.5 Å². The Kier molecular flexibility index (Phi) is 7.53. The van der Waals surface area contributed by atoms with Gasteiger partial charge in [-0.3, -0.25) is 25.0 Å². The first kappa shape index (κ1) is 25.8. The number of amides is 4. The van der Waals surface area contributed by atoms with E-state index < -0.39 is 22.8 Å². The molecule has 4 amide bonds. The van der Waals surface area contributed by atoms with Crippen LogP contribution in [0.3, 0.4) is 0 Å². The average Bonchev–Trinajstić information content (AvgIpc) is 2.87. The van der Waals surface area contributed by atoms with E-state index in [4.69, 9.17) is 9.47 Å². The summed E-state index contributed by atoms with van der Waals surface area (Å²) in [6.07, 6.45) is 1.39. The van der Waals surface area contributed by atoms with Crippen molar-refractivity contribution in [2.75, 3.05) is 12.0 Å². The van der Waals surface area contributed by atoms with E-state index >= 15 is 0 Å². The molecule has 3 aromatic carbocycles. The summed E-state index contributed by atoms with van der Waals surface area (Å²) in [5.74, 6) is -0.758. The first-order valence-corrected chi connectivity index (χ1v) is 12.0. The topological polar surface area (TPSA) is 128 Å². The van der Waals surface area contributed by atoms with E-state index in [0.717, 1.165) is 16.0 Å². The number of carbonyl (C=O) groups excluding carboxylic acids is 3. The van der Waals surface area contributed by atoms with Crippen molar-refractivity contribution in [1.29, 1.82) is 0 Å². The molecule has 0 unspecified atom stereocenters. The van der Waals surface area contributed by atoms with Crippen molar-refractivity contribution < 1.29 is 28.8 Å². The summed E-state index contributed by atoms with van der Waals surface area (Å²) in [7, 11) is 1.46. The van der Waals surface area contributed by atoms with Crippen LogP contribution in [0.25, 0.3) is 6.08 Å². The highest BCUT2D eigenvalue weighted by molar-refractivity contribution is 14.1. The minimum Gasteiger partial charge on any atom is -0.493 e. The van der Waals surface area contributed by atoms with Gasteiger partial charge in [-0.15, -0.1) is 0 Å². The van der Waals surface area contributed by atoms with Crippen LogP contribution in [0, 0.1) is 20.6 Å². The maximum atomic E-state index is 13.1. The number of aryl methyl sites for hydroxylation is 1. The zero-order valence-electron chi connectivity index (χ0n) is 19.7. The number of imide groups is 2. The van der Waals surface area contributed by atoms with Gasteiger partial charge in [0.15, 0.2) is 11.5 Å². The van der Waals surface area contributed by atoms with E-state index in [2.05, 4.69) is 5.32 Å². The van der Waals surface area contributed by atoms with Crippen LogP contribution in [0.5, 0.6) is 11.5 Å². The summed E-state index contributed by atoms with van der Waals surface area (Å²) in [6, 6.07) is 15.3. The molecule has 11 heteroatoms. The van der Waals surface area contributed by atoms with Crippen molar-refractivity contribution in [3.8, 4) is 11.5 Å². The second-order valence-corrected chi connectivity index (χ2v) is 9.20. The third-order valence-electron chi connectivity index (χ3n) is 5.49. The molecule has 188 valence electrons. The molecule has 4 rings (SSSR count). The third-order valence-corrected chi connectivity index (χ3v) is 6.29. The highest BCUT2D eigenvalue weighted by atomic mass is 127.